The summed E-state index contributed by atoms with van der Waals surface area (Å²) in [6, 6.07) is 8.63. The molecule has 0 bridgehead atoms. The van der Waals surface area contributed by atoms with E-state index in [0.29, 0.717) is 12.2 Å². The van der Waals surface area contributed by atoms with Crippen LogP contribution in [0.4, 0.5) is 5.82 Å². The number of fused-ring (bicyclic) bond motifs is 1. The molecule has 1 aliphatic rings. The van der Waals surface area contributed by atoms with Gasteiger partial charge in [0, 0.05) is 24.7 Å². The topological polar surface area (TPSA) is 83.0 Å². The first-order chi connectivity index (χ1) is 8.78. The summed E-state index contributed by atoms with van der Waals surface area (Å²) in [7, 11) is 0. The standard InChI is InChI=1S/C12H12N4O2/c17-6-5-9-7-11-13-14-12(16(11)15-9)8-1-3-10(18)4-2-8/h1-4,7,12,17-18H,5-6H2. The molecule has 0 spiro atoms. The van der Waals surface area contributed by atoms with E-state index in [1.807, 2.05) is 6.07 Å². The molecule has 0 fully saturated rings. The van der Waals surface area contributed by atoms with Crippen LogP contribution in [0.15, 0.2) is 40.6 Å². The number of azo groups is 1. The van der Waals surface area contributed by atoms with Crippen molar-refractivity contribution in [3.63, 3.8) is 0 Å². The van der Waals surface area contributed by atoms with Crippen molar-refractivity contribution in [3.8, 4) is 5.75 Å². The van der Waals surface area contributed by atoms with Gasteiger partial charge in [-0.25, -0.2) is 4.68 Å². The van der Waals surface area contributed by atoms with Gasteiger partial charge in [-0.05, 0) is 12.1 Å². The van der Waals surface area contributed by atoms with E-state index in [2.05, 4.69) is 15.3 Å². The van der Waals surface area contributed by atoms with Gasteiger partial charge in [-0.15, -0.1) is 5.11 Å². The fraction of sp³-hybridized carbons (Fsp3) is 0.250. The Balaban J connectivity index is 1.94. The molecular formula is C12H12N4O2. The summed E-state index contributed by atoms with van der Waals surface area (Å²) in [5.41, 5.74) is 1.71. The zero-order valence-electron chi connectivity index (χ0n) is 9.56. The van der Waals surface area contributed by atoms with Crippen LogP contribution in [0.25, 0.3) is 0 Å². The first-order valence-electron chi connectivity index (χ1n) is 5.67. The molecule has 2 N–H and O–H groups in total. The molecular weight excluding hydrogens is 232 g/mol. The highest BCUT2D eigenvalue weighted by molar-refractivity contribution is 5.36. The number of aliphatic hydroxyl groups is 1. The SMILES string of the molecule is OCCc1cc2n(n1)C(c1ccc(O)cc1)N=N2. The van der Waals surface area contributed by atoms with Gasteiger partial charge in [-0.3, -0.25) is 0 Å². The average Bonchev–Trinajstić information content (AvgIpc) is 2.90. The van der Waals surface area contributed by atoms with Gasteiger partial charge < -0.3 is 10.2 Å². The van der Waals surface area contributed by atoms with Crippen LogP contribution >= 0.6 is 0 Å². The van der Waals surface area contributed by atoms with Gasteiger partial charge in [0.05, 0.1) is 5.69 Å². The number of hydrogen-bond donors (Lipinski definition) is 2. The summed E-state index contributed by atoms with van der Waals surface area (Å²) in [6.45, 7) is 0.0669. The quantitative estimate of drug-likeness (QED) is 0.863. The number of aromatic nitrogens is 2. The Kier molecular flexibility index (Phi) is 2.56. The molecule has 0 aliphatic carbocycles. The maximum Gasteiger partial charge on any atom is 0.190 e. The number of benzene rings is 1. The van der Waals surface area contributed by atoms with Crippen molar-refractivity contribution >= 4 is 5.82 Å². The zero-order valence-corrected chi connectivity index (χ0v) is 9.56. The minimum Gasteiger partial charge on any atom is -0.508 e. The third-order valence-corrected chi connectivity index (χ3v) is 2.83. The molecule has 1 aromatic heterocycles. The maximum atomic E-state index is 9.26. The summed E-state index contributed by atoms with van der Waals surface area (Å²) in [6.07, 6.45) is 0.228. The van der Waals surface area contributed by atoms with E-state index in [1.54, 1.807) is 28.9 Å². The predicted molar refractivity (Wildman–Crippen MR) is 63.8 cm³/mol. The van der Waals surface area contributed by atoms with Gasteiger partial charge in [0.15, 0.2) is 12.0 Å². The summed E-state index contributed by atoms with van der Waals surface area (Å²) in [4.78, 5) is 0. The highest BCUT2D eigenvalue weighted by Gasteiger charge is 2.23. The van der Waals surface area contributed by atoms with Crippen LogP contribution < -0.4 is 0 Å². The Labute approximate surface area is 103 Å². The maximum absolute atomic E-state index is 9.26. The lowest BCUT2D eigenvalue weighted by Crippen LogP contribution is -2.06. The lowest BCUT2D eigenvalue weighted by atomic mass is 10.2. The minimum absolute atomic E-state index is 0.0669. The molecule has 0 saturated carbocycles. The highest BCUT2D eigenvalue weighted by Crippen LogP contribution is 2.33. The third-order valence-electron chi connectivity index (χ3n) is 2.83. The van der Waals surface area contributed by atoms with E-state index >= 15 is 0 Å². The smallest absolute Gasteiger partial charge is 0.190 e. The summed E-state index contributed by atoms with van der Waals surface area (Å²) < 4.78 is 1.72. The van der Waals surface area contributed by atoms with Gasteiger partial charge in [-0.2, -0.15) is 10.2 Å². The molecule has 18 heavy (non-hydrogen) atoms. The molecule has 6 heteroatoms. The van der Waals surface area contributed by atoms with Gasteiger partial charge in [0.1, 0.15) is 5.75 Å². The van der Waals surface area contributed by atoms with Crippen molar-refractivity contribution < 1.29 is 10.2 Å². The first-order valence-corrected chi connectivity index (χ1v) is 5.67. The fourth-order valence-corrected chi connectivity index (χ4v) is 1.94. The number of aliphatic hydroxyl groups excluding tert-OH is 1. The van der Waals surface area contributed by atoms with Crippen LogP contribution in [0, 0.1) is 0 Å². The van der Waals surface area contributed by atoms with E-state index in [-0.39, 0.29) is 18.5 Å². The third kappa shape index (κ3) is 1.76. The molecule has 0 saturated heterocycles. The Morgan fingerprint density at radius 2 is 2.00 bits per heavy atom. The minimum atomic E-state index is -0.284. The van der Waals surface area contributed by atoms with Crippen molar-refractivity contribution in [3.05, 3.63) is 41.6 Å². The van der Waals surface area contributed by atoms with Crippen LogP contribution in [0.2, 0.25) is 0 Å². The number of nitrogens with zero attached hydrogens (tertiary/aromatic N) is 4. The van der Waals surface area contributed by atoms with Gasteiger partial charge in [-0.1, -0.05) is 12.1 Å². The molecule has 6 nitrogen and oxygen atoms in total. The largest absolute Gasteiger partial charge is 0.508 e. The fourth-order valence-electron chi connectivity index (χ4n) is 1.94. The molecule has 1 unspecified atom stereocenters. The molecule has 3 rings (SSSR count). The van der Waals surface area contributed by atoms with Crippen LogP contribution in [0.5, 0.6) is 5.75 Å². The van der Waals surface area contributed by atoms with Crippen molar-refractivity contribution in [1.29, 1.82) is 0 Å². The molecule has 2 aromatic rings. The second-order valence-electron chi connectivity index (χ2n) is 4.09. The van der Waals surface area contributed by atoms with Crippen molar-refractivity contribution in [1.82, 2.24) is 9.78 Å². The number of phenols is 1. The van der Waals surface area contributed by atoms with E-state index in [4.69, 9.17) is 5.11 Å². The van der Waals surface area contributed by atoms with E-state index in [1.165, 1.54) is 0 Å². The molecule has 0 radical (unpaired) electrons. The van der Waals surface area contributed by atoms with Crippen molar-refractivity contribution in [2.24, 2.45) is 10.2 Å². The van der Waals surface area contributed by atoms with Crippen LogP contribution in [0.1, 0.15) is 17.4 Å². The van der Waals surface area contributed by atoms with Gasteiger partial charge in [0.2, 0.25) is 0 Å². The van der Waals surface area contributed by atoms with Crippen LogP contribution in [-0.4, -0.2) is 26.6 Å². The van der Waals surface area contributed by atoms with Crippen molar-refractivity contribution in [2.45, 2.75) is 12.6 Å². The second kappa shape index (κ2) is 4.23. The lowest BCUT2D eigenvalue weighted by molar-refractivity contribution is 0.297. The Morgan fingerprint density at radius 1 is 1.22 bits per heavy atom. The average molecular weight is 244 g/mol. The normalized spacial score (nSPS) is 17.1. The Hall–Kier alpha value is -2.21. The second-order valence-corrected chi connectivity index (χ2v) is 4.09. The number of aromatic hydroxyl groups is 1. The highest BCUT2D eigenvalue weighted by atomic mass is 16.3. The summed E-state index contributed by atoms with van der Waals surface area (Å²) in [5, 5.41) is 30.7. The Bertz CT molecular complexity index is 589. The number of rotatable bonds is 3. The molecule has 2 heterocycles. The van der Waals surface area contributed by atoms with E-state index in [9.17, 15) is 5.11 Å². The van der Waals surface area contributed by atoms with Gasteiger partial charge in [0.25, 0.3) is 0 Å². The summed E-state index contributed by atoms with van der Waals surface area (Å²) >= 11 is 0. The zero-order chi connectivity index (χ0) is 12.5. The molecule has 92 valence electrons. The van der Waals surface area contributed by atoms with Crippen LogP contribution in [0.3, 0.4) is 0 Å². The monoisotopic (exact) mass is 244 g/mol. The molecule has 1 atom stereocenters. The van der Waals surface area contributed by atoms with Gasteiger partial charge >= 0.3 is 0 Å². The lowest BCUT2D eigenvalue weighted by Gasteiger charge is -2.08. The Morgan fingerprint density at radius 3 is 2.72 bits per heavy atom. The predicted octanol–water partition coefficient (Wildman–Crippen LogP) is 1.77. The number of hydrogen-bond acceptors (Lipinski definition) is 5. The van der Waals surface area contributed by atoms with Crippen LogP contribution in [-0.2, 0) is 6.42 Å². The van der Waals surface area contributed by atoms with Crippen molar-refractivity contribution in [2.75, 3.05) is 6.61 Å². The molecule has 0 amide bonds. The summed E-state index contributed by atoms with van der Waals surface area (Å²) in [5.74, 6) is 0.909. The van der Waals surface area contributed by atoms with E-state index in [0.717, 1.165) is 11.3 Å². The number of phenolic OH excluding ortho intramolecular Hbond substituents is 1. The van der Waals surface area contributed by atoms with E-state index < -0.39 is 0 Å². The molecule has 1 aromatic carbocycles. The first kappa shape index (κ1) is 10.9. The molecule has 1 aliphatic heterocycles.